The number of phenols is 1. The number of aromatic hydroxyl groups is 1. The maximum absolute atomic E-state index is 12.2. The Kier molecular flexibility index (Phi) is 3.38. The zero-order chi connectivity index (χ0) is 10.7. The van der Waals surface area contributed by atoms with E-state index in [1.807, 2.05) is 0 Å². The maximum Gasteiger partial charge on any atom is 0.263 e. The lowest BCUT2D eigenvalue weighted by Gasteiger charge is -2.11. The van der Waals surface area contributed by atoms with Crippen molar-refractivity contribution in [1.29, 1.82) is 0 Å². The van der Waals surface area contributed by atoms with E-state index < -0.39 is 12.5 Å². The number of phenolic OH excluding ortho intramolecular Hbond substituents is 1. The van der Waals surface area contributed by atoms with E-state index >= 15 is 0 Å². The summed E-state index contributed by atoms with van der Waals surface area (Å²) in [5, 5.41) is 18.6. The van der Waals surface area contributed by atoms with Crippen LogP contribution in [0.4, 0.5) is 8.78 Å². The van der Waals surface area contributed by atoms with Crippen LogP contribution in [0.3, 0.4) is 0 Å². The van der Waals surface area contributed by atoms with Crippen molar-refractivity contribution in [2.45, 2.75) is 12.5 Å². The third kappa shape index (κ3) is 2.18. The summed E-state index contributed by atoms with van der Waals surface area (Å²) in [5.74, 6) is -0.360. The zero-order valence-corrected chi connectivity index (χ0v) is 7.32. The summed E-state index contributed by atoms with van der Waals surface area (Å²) in [6, 6.07) is 3.33. The van der Waals surface area contributed by atoms with Crippen LogP contribution in [0.15, 0.2) is 18.2 Å². The second-order valence-corrected chi connectivity index (χ2v) is 2.87. The van der Waals surface area contributed by atoms with Crippen LogP contribution >= 0.6 is 0 Å². The second-order valence-electron chi connectivity index (χ2n) is 2.87. The van der Waals surface area contributed by atoms with Crippen LogP contribution in [-0.2, 0) is 0 Å². The molecular weight excluding hydrogens is 192 g/mol. The van der Waals surface area contributed by atoms with Gasteiger partial charge in [0.15, 0.2) is 0 Å². The van der Waals surface area contributed by atoms with E-state index in [0.717, 1.165) is 12.1 Å². The Hall–Kier alpha value is -1.20. The van der Waals surface area contributed by atoms with Crippen molar-refractivity contribution in [3.8, 4) is 5.75 Å². The molecule has 0 aliphatic heterocycles. The largest absolute Gasteiger partial charge is 0.508 e. The molecule has 0 heterocycles. The highest BCUT2D eigenvalue weighted by Crippen LogP contribution is 2.28. The predicted molar refractivity (Wildman–Crippen MR) is 47.1 cm³/mol. The molecule has 3 nitrogen and oxygen atoms in total. The highest BCUT2D eigenvalue weighted by atomic mass is 19.3. The molecule has 1 aromatic rings. The molecule has 0 spiro atoms. The molecule has 0 bridgehead atoms. The van der Waals surface area contributed by atoms with E-state index in [9.17, 15) is 19.0 Å². The molecule has 0 aliphatic carbocycles. The second kappa shape index (κ2) is 4.34. The molecule has 78 valence electrons. The Morgan fingerprint density at radius 3 is 2.43 bits per heavy atom. The lowest BCUT2D eigenvalue weighted by molar-refractivity contribution is 0.150. The number of hydrogen-bond donors (Lipinski definition) is 3. The van der Waals surface area contributed by atoms with Gasteiger partial charge in [-0.25, -0.2) is 8.78 Å². The van der Waals surface area contributed by atoms with Gasteiger partial charge in [0.1, 0.15) is 5.75 Å². The lowest BCUT2D eigenvalue weighted by atomic mass is 10.1. The summed E-state index contributed by atoms with van der Waals surface area (Å²) in [6.07, 6.45) is -3.66. The average molecular weight is 203 g/mol. The van der Waals surface area contributed by atoms with Crippen LogP contribution in [0.5, 0.6) is 5.75 Å². The summed E-state index contributed by atoms with van der Waals surface area (Å²) >= 11 is 0. The lowest BCUT2D eigenvalue weighted by Crippen LogP contribution is -2.11. The van der Waals surface area contributed by atoms with Crippen LogP contribution in [0.1, 0.15) is 23.7 Å². The van der Waals surface area contributed by atoms with Crippen molar-refractivity contribution in [3.05, 3.63) is 29.3 Å². The first kappa shape index (κ1) is 10.9. The molecule has 1 atom stereocenters. The summed E-state index contributed by atoms with van der Waals surface area (Å²) in [7, 11) is 0. The van der Waals surface area contributed by atoms with E-state index in [1.54, 1.807) is 0 Å². The normalized spacial score (nSPS) is 13.2. The van der Waals surface area contributed by atoms with Gasteiger partial charge in [0, 0.05) is 17.7 Å². The standard InChI is InChI=1S/C9H11F2NO2/c10-9(11)5-1-2-6(7(13)3-5)8(14)4-12/h1-3,8-9,13-14H,4,12H2. The highest BCUT2D eigenvalue weighted by molar-refractivity contribution is 5.38. The van der Waals surface area contributed by atoms with Gasteiger partial charge in [-0.1, -0.05) is 12.1 Å². The molecule has 14 heavy (non-hydrogen) atoms. The fraction of sp³-hybridized carbons (Fsp3) is 0.333. The number of hydrogen-bond acceptors (Lipinski definition) is 3. The average Bonchev–Trinajstić information content (AvgIpc) is 2.16. The Morgan fingerprint density at radius 2 is 2.00 bits per heavy atom. The van der Waals surface area contributed by atoms with Crippen LogP contribution in [0.25, 0.3) is 0 Å². The first-order chi connectivity index (χ1) is 6.56. The fourth-order valence-electron chi connectivity index (χ4n) is 1.11. The van der Waals surface area contributed by atoms with Crippen LogP contribution < -0.4 is 5.73 Å². The van der Waals surface area contributed by atoms with Gasteiger partial charge in [0.2, 0.25) is 0 Å². The number of alkyl halides is 2. The maximum atomic E-state index is 12.2. The minimum Gasteiger partial charge on any atom is -0.508 e. The van der Waals surface area contributed by atoms with Crippen LogP contribution in [0.2, 0.25) is 0 Å². The van der Waals surface area contributed by atoms with Gasteiger partial charge in [-0.15, -0.1) is 0 Å². The van der Waals surface area contributed by atoms with Crippen molar-refractivity contribution in [1.82, 2.24) is 0 Å². The quantitative estimate of drug-likeness (QED) is 0.694. The van der Waals surface area contributed by atoms with Gasteiger partial charge in [-0.2, -0.15) is 0 Å². The van der Waals surface area contributed by atoms with Crippen molar-refractivity contribution < 1.29 is 19.0 Å². The monoisotopic (exact) mass is 203 g/mol. The van der Waals surface area contributed by atoms with Crippen LogP contribution in [-0.4, -0.2) is 16.8 Å². The Balaban J connectivity index is 3.01. The number of aliphatic hydroxyl groups excluding tert-OH is 1. The number of rotatable bonds is 3. The minimum atomic E-state index is -2.63. The van der Waals surface area contributed by atoms with Gasteiger partial charge in [-0.05, 0) is 6.07 Å². The molecule has 4 N–H and O–H groups in total. The summed E-state index contributed by atoms with van der Waals surface area (Å²) < 4.78 is 24.3. The minimum absolute atomic E-state index is 0.0679. The topological polar surface area (TPSA) is 66.5 Å². The van der Waals surface area contributed by atoms with Crippen molar-refractivity contribution >= 4 is 0 Å². The summed E-state index contributed by atoms with van der Waals surface area (Å²) in [5.41, 5.74) is 5.04. The molecule has 0 saturated heterocycles. The van der Waals surface area contributed by atoms with E-state index in [4.69, 9.17) is 5.73 Å². The summed E-state index contributed by atoms with van der Waals surface area (Å²) in [4.78, 5) is 0. The first-order valence-electron chi connectivity index (χ1n) is 4.05. The predicted octanol–water partition coefficient (Wildman–Crippen LogP) is 1.32. The van der Waals surface area contributed by atoms with Crippen molar-refractivity contribution in [2.24, 2.45) is 5.73 Å². The van der Waals surface area contributed by atoms with Crippen molar-refractivity contribution in [2.75, 3.05) is 6.54 Å². The molecule has 1 unspecified atom stereocenters. The van der Waals surface area contributed by atoms with Gasteiger partial charge < -0.3 is 15.9 Å². The van der Waals surface area contributed by atoms with Crippen LogP contribution in [0, 0.1) is 0 Å². The third-order valence-corrected chi connectivity index (χ3v) is 1.89. The van der Waals surface area contributed by atoms with E-state index in [2.05, 4.69) is 0 Å². The van der Waals surface area contributed by atoms with Gasteiger partial charge >= 0.3 is 0 Å². The molecule has 0 amide bonds. The van der Waals surface area contributed by atoms with E-state index in [0.29, 0.717) is 0 Å². The Morgan fingerprint density at radius 1 is 1.36 bits per heavy atom. The molecule has 1 aromatic carbocycles. The molecular formula is C9H11F2NO2. The van der Waals surface area contributed by atoms with Gasteiger partial charge in [-0.3, -0.25) is 0 Å². The smallest absolute Gasteiger partial charge is 0.263 e. The fourth-order valence-corrected chi connectivity index (χ4v) is 1.11. The Bertz CT molecular complexity index is 318. The molecule has 0 radical (unpaired) electrons. The summed E-state index contributed by atoms with van der Waals surface area (Å²) in [6.45, 7) is -0.0679. The first-order valence-corrected chi connectivity index (χ1v) is 4.05. The van der Waals surface area contributed by atoms with Crippen molar-refractivity contribution in [3.63, 3.8) is 0 Å². The Labute approximate surface area is 79.8 Å². The molecule has 0 aliphatic rings. The van der Waals surface area contributed by atoms with Gasteiger partial charge in [0.05, 0.1) is 6.10 Å². The third-order valence-electron chi connectivity index (χ3n) is 1.89. The number of aliphatic hydroxyl groups is 1. The molecule has 0 aromatic heterocycles. The van der Waals surface area contributed by atoms with E-state index in [1.165, 1.54) is 6.07 Å². The highest BCUT2D eigenvalue weighted by Gasteiger charge is 2.14. The SMILES string of the molecule is NCC(O)c1ccc(C(F)F)cc1O. The van der Waals surface area contributed by atoms with Gasteiger partial charge in [0.25, 0.3) is 6.43 Å². The number of halogens is 2. The molecule has 1 rings (SSSR count). The number of nitrogens with two attached hydrogens (primary N) is 1. The molecule has 0 fully saturated rings. The number of benzene rings is 1. The zero-order valence-electron chi connectivity index (χ0n) is 7.32. The molecule has 5 heteroatoms. The van der Waals surface area contributed by atoms with E-state index in [-0.39, 0.29) is 23.4 Å². The molecule has 0 saturated carbocycles.